The highest BCUT2D eigenvalue weighted by molar-refractivity contribution is 7.15. The zero-order valence-electron chi connectivity index (χ0n) is 15.4. The molecule has 4 heterocycles. The molecule has 6 nitrogen and oxygen atoms in total. The number of hydrogen-bond donors (Lipinski definition) is 1. The van der Waals surface area contributed by atoms with Crippen LogP contribution >= 0.6 is 11.3 Å². The Kier molecular flexibility index (Phi) is 5.13. The number of imidazole rings is 1. The van der Waals surface area contributed by atoms with Gasteiger partial charge in [-0.15, -0.1) is 11.3 Å². The van der Waals surface area contributed by atoms with Gasteiger partial charge in [-0.05, 0) is 32.4 Å². The second-order valence-electron chi connectivity index (χ2n) is 7.08. The van der Waals surface area contributed by atoms with E-state index < -0.39 is 0 Å². The molecule has 140 valence electrons. The van der Waals surface area contributed by atoms with Crippen molar-refractivity contribution in [1.82, 2.24) is 19.2 Å². The van der Waals surface area contributed by atoms with Crippen molar-refractivity contribution in [2.24, 2.45) is 0 Å². The zero-order chi connectivity index (χ0) is 18.1. The van der Waals surface area contributed by atoms with Crippen LogP contribution in [-0.4, -0.2) is 56.6 Å². The molecule has 0 aromatic carbocycles. The van der Waals surface area contributed by atoms with Crippen molar-refractivity contribution in [2.45, 2.75) is 39.4 Å². The van der Waals surface area contributed by atoms with Crippen molar-refractivity contribution in [2.75, 3.05) is 26.2 Å². The van der Waals surface area contributed by atoms with Crippen LogP contribution < -0.4 is 0 Å². The molecule has 1 saturated heterocycles. The first-order valence-corrected chi connectivity index (χ1v) is 10.1. The van der Waals surface area contributed by atoms with Gasteiger partial charge >= 0.3 is 0 Å². The van der Waals surface area contributed by atoms with Crippen molar-refractivity contribution in [3.8, 4) is 0 Å². The number of furan rings is 1. The summed E-state index contributed by atoms with van der Waals surface area (Å²) in [6.45, 7) is 8.95. The van der Waals surface area contributed by atoms with Crippen LogP contribution in [-0.2, 0) is 13.1 Å². The van der Waals surface area contributed by atoms with Crippen LogP contribution in [0.5, 0.6) is 0 Å². The maximum absolute atomic E-state index is 9.53. The van der Waals surface area contributed by atoms with Crippen LogP contribution in [0.4, 0.5) is 0 Å². The number of hydrogen-bond acceptors (Lipinski definition) is 6. The largest absolute Gasteiger partial charge is 0.465 e. The molecule has 7 heteroatoms. The van der Waals surface area contributed by atoms with E-state index in [-0.39, 0.29) is 6.61 Å². The molecule has 3 aromatic rings. The molecule has 26 heavy (non-hydrogen) atoms. The van der Waals surface area contributed by atoms with E-state index in [4.69, 9.17) is 4.42 Å². The fourth-order valence-corrected chi connectivity index (χ4v) is 4.62. The van der Waals surface area contributed by atoms with E-state index in [2.05, 4.69) is 43.8 Å². The molecule has 0 radical (unpaired) electrons. The summed E-state index contributed by atoms with van der Waals surface area (Å²) < 4.78 is 7.96. The van der Waals surface area contributed by atoms with Gasteiger partial charge in [0.25, 0.3) is 0 Å². The third-order valence-electron chi connectivity index (χ3n) is 5.24. The van der Waals surface area contributed by atoms with Gasteiger partial charge in [0.15, 0.2) is 4.96 Å². The smallest absolute Gasteiger partial charge is 0.194 e. The quantitative estimate of drug-likeness (QED) is 0.719. The molecule has 1 N–H and O–H groups in total. The van der Waals surface area contributed by atoms with Crippen LogP contribution in [0.3, 0.4) is 0 Å². The molecule has 0 aliphatic carbocycles. The first kappa shape index (κ1) is 17.7. The zero-order valence-corrected chi connectivity index (χ0v) is 16.2. The lowest BCUT2D eigenvalue weighted by atomic mass is 10.1. The van der Waals surface area contributed by atoms with Crippen molar-refractivity contribution < 1.29 is 9.52 Å². The number of nitrogens with zero attached hydrogens (tertiary/aromatic N) is 4. The lowest BCUT2D eigenvalue weighted by Gasteiger charge is -2.41. The maximum Gasteiger partial charge on any atom is 0.194 e. The van der Waals surface area contributed by atoms with Gasteiger partial charge in [-0.2, -0.15) is 0 Å². The van der Waals surface area contributed by atoms with E-state index in [1.807, 2.05) is 13.0 Å². The van der Waals surface area contributed by atoms with Gasteiger partial charge in [0.1, 0.15) is 11.5 Å². The lowest BCUT2D eigenvalue weighted by molar-refractivity contribution is 0.0447. The van der Waals surface area contributed by atoms with Gasteiger partial charge in [0.05, 0.1) is 17.9 Å². The minimum Gasteiger partial charge on any atom is -0.465 e. The Hall–Kier alpha value is -1.67. The number of fused-ring (bicyclic) bond motifs is 1. The standard InChI is InChI=1S/C19H26N4O2S/c1-14-3-4-17(25-14)12-22-7-6-21(11-16(22)5-9-24)13-18-15(2)20-19-23(18)8-10-26-19/h3-4,8,10,16,24H,5-7,9,11-13H2,1-2H3/t16-/m1/s1. The van der Waals surface area contributed by atoms with Crippen molar-refractivity contribution in [3.63, 3.8) is 0 Å². The summed E-state index contributed by atoms with van der Waals surface area (Å²) in [6.07, 6.45) is 2.89. The number of aliphatic hydroxyl groups is 1. The molecule has 0 bridgehead atoms. The van der Waals surface area contributed by atoms with Gasteiger partial charge in [0, 0.05) is 50.4 Å². The Labute approximate surface area is 157 Å². The molecule has 0 saturated carbocycles. The average Bonchev–Trinajstić information content (AvgIpc) is 3.29. The van der Waals surface area contributed by atoms with Crippen LogP contribution in [0, 0.1) is 13.8 Å². The Morgan fingerprint density at radius 1 is 1.27 bits per heavy atom. The first-order chi connectivity index (χ1) is 12.6. The molecule has 0 unspecified atom stereocenters. The van der Waals surface area contributed by atoms with E-state index in [1.165, 1.54) is 5.69 Å². The van der Waals surface area contributed by atoms with E-state index in [1.54, 1.807) is 11.3 Å². The molecule has 1 fully saturated rings. The van der Waals surface area contributed by atoms with E-state index in [9.17, 15) is 5.11 Å². The Morgan fingerprint density at radius 2 is 2.15 bits per heavy atom. The van der Waals surface area contributed by atoms with Gasteiger partial charge in [-0.1, -0.05) is 0 Å². The second-order valence-corrected chi connectivity index (χ2v) is 7.96. The van der Waals surface area contributed by atoms with Crippen LogP contribution in [0.1, 0.15) is 29.3 Å². The SMILES string of the molecule is Cc1ccc(CN2CCN(Cc3c(C)nc4sccn34)C[C@H]2CCO)o1. The number of piperazine rings is 1. The minimum absolute atomic E-state index is 0.215. The monoisotopic (exact) mass is 374 g/mol. The van der Waals surface area contributed by atoms with Crippen molar-refractivity contribution >= 4 is 16.3 Å². The summed E-state index contributed by atoms with van der Waals surface area (Å²) in [7, 11) is 0. The lowest BCUT2D eigenvalue weighted by Crippen LogP contribution is -2.52. The summed E-state index contributed by atoms with van der Waals surface area (Å²) in [4.78, 5) is 10.6. The predicted molar refractivity (Wildman–Crippen MR) is 102 cm³/mol. The molecule has 1 aliphatic rings. The third-order valence-corrected chi connectivity index (χ3v) is 6.00. The van der Waals surface area contributed by atoms with Crippen molar-refractivity contribution in [1.29, 1.82) is 0 Å². The molecule has 1 aliphatic heterocycles. The van der Waals surface area contributed by atoms with Crippen LogP contribution in [0.15, 0.2) is 28.1 Å². The molecule has 1 atom stereocenters. The summed E-state index contributed by atoms with van der Waals surface area (Å²) in [5, 5.41) is 11.6. The Balaban J connectivity index is 1.45. The number of aromatic nitrogens is 2. The molecular formula is C19H26N4O2S. The molecular weight excluding hydrogens is 348 g/mol. The summed E-state index contributed by atoms with van der Waals surface area (Å²) in [5.41, 5.74) is 2.39. The summed E-state index contributed by atoms with van der Waals surface area (Å²) in [5.74, 6) is 1.96. The number of thiazole rings is 1. The predicted octanol–water partition coefficient (Wildman–Crippen LogP) is 2.67. The second kappa shape index (κ2) is 7.52. The maximum atomic E-state index is 9.53. The molecule has 0 amide bonds. The van der Waals surface area contributed by atoms with E-state index in [0.717, 1.165) is 61.3 Å². The third kappa shape index (κ3) is 3.57. The highest BCUT2D eigenvalue weighted by atomic mass is 32.1. The van der Waals surface area contributed by atoms with Crippen molar-refractivity contribution in [3.05, 3.63) is 46.6 Å². The van der Waals surface area contributed by atoms with Crippen LogP contribution in [0.25, 0.3) is 4.96 Å². The Bertz CT molecular complexity index is 868. The molecule has 4 rings (SSSR count). The van der Waals surface area contributed by atoms with E-state index in [0.29, 0.717) is 6.04 Å². The van der Waals surface area contributed by atoms with Crippen LogP contribution in [0.2, 0.25) is 0 Å². The van der Waals surface area contributed by atoms with E-state index >= 15 is 0 Å². The minimum atomic E-state index is 0.215. The fraction of sp³-hybridized carbons (Fsp3) is 0.526. The molecule has 0 spiro atoms. The number of rotatable bonds is 6. The average molecular weight is 375 g/mol. The van der Waals surface area contributed by atoms with Gasteiger partial charge in [-0.3, -0.25) is 14.2 Å². The normalized spacial score (nSPS) is 19.6. The Morgan fingerprint density at radius 3 is 2.92 bits per heavy atom. The highest BCUT2D eigenvalue weighted by Gasteiger charge is 2.28. The van der Waals surface area contributed by atoms with Gasteiger partial charge in [-0.25, -0.2) is 4.98 Å². The first-order valence-electron chi connectivity index (χ1n) is 9.17. The van der Waals surface area contributed by atoms with Gasteiger partial charge in [0.2, 0.25) is 0 Å². The number of aryl methyl sites for hydroxylation is 2. The van der Waals surface area contributed by atoms with Gasteiger partial charge < -0.3 is 9.52 Å². The fourth-order valence-electron chi connectivity index (χ4n) is 3.85. The molecule has 3 aromatic heterocycles. The summed E-state index contributed by atoms with van der Waals surface area (Å²) in [6, 6.07) is 4.41. The topological polar surface area (TPSA) is 57.2 Å². The highest BCUT2D eigenvalue weighted by Crippen LogP contribution is 2.22. The number of aliphatic hydroxyl groups excluding tert-OH is 1. The summed E-state index contributed by atoms with van der Waals surface area (Å²) >= 11 is 1.68.